The Morgan fingerprint density at radius 2 is 2.14 bits per heavy atom. The van der Waals surface area contributed by atoms with Crippen molar-refractivity contribution in [2.75, 3.05) is 18.5 Å². The first-order valence-corrected chi connectivity index (χ1v) is 8.20. The number of hydrogen-bond acceptors (Lipinski definition) is 5. The van der Waals surface area contributed by atoms with Crippen molar-refractivity contribution in [2.24, 2.45) is 5.92 Å². The van der Waals surface area contributed by atoms with Gasteiger partial charge >= 0.3 is 0 Å². The van der Waals surface area contributed by atoms with Crippen LogP contribution in [0.25, 0.3) is 0 Å². The van der Waals surface area contributed by atoms with E-state index in [0.29, 0.717) is 5.92 Å². The normalized spacial score (nSPS) is 11.1. The summed E-state index contributed by atoms with van der Waals surface area (Å²) in [5.41, 5.74) is 5.31. The zero-order valence-corrected chi connectivity index (χ0v) is 14.1. The molecule has 2 aromatic rings. The third-order valence-electron chi connectivity index (χ3n) is 3.33. The van der Waals surface area contributed by atoms with Crippen molar-refractivity contribution in [1.29, 1.82) is 0 Å². The van der Waals surface area contributed by atoms with E-state index in [1.54, 1.807) is 11.3 Å². The highest BCUT2D eigenvalue weighted by atomic mass is 32.1. The molecule has 114 valence electrons. The number of aryl methyl sites for hydroxylation is 1. The van der Waals surface area contributed by atoms with Crippen molar-refractivity contribution in [2.45, 2.75) is 33.9 Å². The van der Waals surface area contributed by atoms with E-state index in [9.17, 15) is 0 Å². The third kappa shape index (κ3) is 4.79. The molecule has 0 aliphatic rings. The maximum Gasteiger partial charge on any atom is 0.0798 e. The molecule has 0 aliphatic carbocycles. The van der Waals surface area contributed by atoms with Crippen LogP contribution in [0.2, 0.25) is 0 Å². The summed E-state index contributed by atoms with van der Waals surface area (Å²) in [5, 5.41) is 3.43. The van der Waals surface area contributed by atoms with Gasteiger partial charge in [0.05, 0.1) is 23.4 Å². The Kier molecular flexibility index (Phi) is 5.70. The Hall–Kier alpha value is -1.46. The van der Waals surface area contributed by atoms with Crippen LogP contribution >= 0.6 is 11.3 Å². The van der Waals surface area contributed by atoms with Crippen LogP contribution in [0.4, 0.5) is 5.69 Å². The minimum absolute atomic E-state index is 0.658. The van der Waals surface area contributed by atoms with E-state index in [1.807, 2.05) is 11.7 Å². The Morgan fingerprint density at radius 1 is 1.33 bits per heavy atom. The molecule has 5 heteroatoms. The fraction of sp³-hybridized carbons (Fsp3) is 0.500. The molecule has 0 spiro atoms. The van der Waals surface area contributed by atoms with E-state index in [4.69, 9.17) is 0 Å². The number of hydrogen-bond donors (Lipinski definition) is 1. The van der Waals surface area contributed by atoms with Crippen LogP contribution in [0.5, 0.6) is 0 Å². The first-order chi connectivity index (χ1) is 10.1. The van der Waals surface area contributed by atoms with E-state index in [2.05, 4.69) is 60.1 Å². The molecule has 0 aromatic carbocycles. The molecule has 0 bridgehead atoms. The molecule has 0 saturated heterocycles. The summed E-state index contributed by atoms with van der Waals surface area (Å²) in [6.07, 6.45) is 1.89. The first-order valence-electron chi connectivity index (χ1n) is 7.32. The lowest BCUT2D eigenvalue weighted by Gasteiger charge is -2.19. The van der Waals surface area contributed by atoms with Gasteiger partial charge in [-0.3, -0.25) is 4.98 Å². The van der Waals surface area contributed by atoms with Crippen molar-refractivity contribution in [3.63, 3.8) is 0 Å². The van der Waals surface area contributed by atoms with E-state index >= 15 is 0 Å². The minimum atomic E-state index is 0.658. The maximum atomic E-state index is 4.43. The molecule has 2 rings (SSSR count). The second kappa shape index (κ2) is 7.52. The average Bonchev–Trinajstić information content (AvgIpc) is 2.84. The van der Waals surface area contributed by atoms with Gasteiger partial charge in [-0.1, -0.05) is 13.8 Å². The van der Waals surface area contributed by atoms with Crippen molar-refractivity contribution < 1.29 is 0 Å². The van der Waals surface area contributed by atoms with Crippen LogP contribution in [0.3, 0.4) is 0 Å². The van der Waals surface area contributed by atoms with E-state index in [1.165, 1.54) is 10.6 Å². The van der Waals surface area contributed by atoms with Gasteiger partial charge in [0, 0.05) is 30.4 Å². The lowest BCUT2D eigenvalue weighted by Crippen LogP contribution is -2.20. The number of thiazole rings is 1. The van der Waals surface area contributed by atoms with Gasteiger partial charge in [0.1, 0.15) is 0 Å². The molecule has 0 atom stereocenters. The first kappa shape index (κ1) is 15.9. The Bertz CT molecular complexity index is 565. The third-order valence-corrected chi connectivity index (χ3v) is 4.25. The predicted molar refractivity (Wildman–Crippen MR) is 89.7 cm³/mol. The average molecular weight is 304 g/mol. The molecular formula is C16H24N4S. The van der Waals surface area contributed by atoms with Crippen LogP contribution in [0.1, 0.15) is 30.1 Å². The molecule has 0 amide bonds. The topological polar surface area (TPSA) is 41.1 Å². The summed E-state index contributed by atoms with van der Waals surface area (Å²) < 4.78 is 0. The summed E-state index contributed by atoms with van der Waals surface area (Å²) >= 11 is 1.71. The second-order valence-electron chi connectivity index (χ2n) is 5.75. The van der Waals surface area contributed by atoms with Gasteiger partial charge in [0.2, 0.25) is 0 Å². The standard InChI is InChI=1S/C16H24N4S/c1-12(2)8-17-9-14-7-15(5-6-18-14)20(4)10-16-13(3)19-11-21-16/h5-7,11-12,17H,8-10H2,1-4H3. The van der Waals surface area contributed by atoms with Gasteiger partial charge in [0.25, 0.3) is 0 Å². The van der Waals surface area contributed by atoms with Crippen LogP contribution in [-0.2, 0) is 13.1 Å². The fourth-order valence-electron chi connectivity index (χ4n) is 2.07. The fourth-order valence-corrected chi connectivity index (χ4v) is 2.90. The number of nitrogens with one attached hydrogen (secondary N) is 1. The van der Waals surface area contributed by atoms with Gasteiger partial charge in [-0.2, -0.15) is 0 Å². The lowest BCUT2D eigenvalue weighted by molar-refractivity contribution is 0.548. The SMILES string of the molecule is Cc1ncsc1CN(C)c1ccnc(CNCC(C)C)c1. The highest BCUT2D eigenvalue weighted by Gasteiger charge is 2.07. The van der Waals surface area contributed by atoms with E-state index in [0.717, 1.165) is 31.0 Å². The molecule has 0 fully saturated rings. The summed E-state index contributed by atoms with van der Waals surface area (Å²) in [4.78, 5) is 12.3. The zero-order chi connectivity index (χ0) is 15.2. The molecule has 0 saturated carbocycles. The Morgan fingerprint density at radius 3 is 2.81 bits per heavy atom. The Labute approximate surface area is 131 Å². The summed E-state index contributed by atoms with van der Waals surface area (Å²) in [7, 11) is 2.11. The molecule has 21 heavy (non-hydrogen) atoms. The number of anilines is 1. The summed E-state index contributed by atoms with van der Waals surface area (Å²) in [6.45, 7) is 9.21. The smallest absolute Gasteiger partial charge is 0.0798 e. The molecular weight excluding hydrogens is 280 g/mol. The highest BCUT2D eigenvalue weighted by molar-refractivity contribution is 7.09. The van der Waals surface area contributed by atoms with E-state index in [-0.39, 0.29) is 0 Å². The molecule has 0 unspecified atom stereocenters. The van der Waals surface area contributed by atoms with Gasteiger partial charge in [-0.05, 0) is 31.5 Å². The quantitative estimate of drug-likeness (QED) is 0.852. The number of pyridine rings is 1. The van der Waals surface area contributed by atoms with Crippen molar-refractivity contribution in [3.8, 4) is 0 Å². The number of nitrogens with zero attached hydrogens (tertiary/aromatic N) is 3. The van der Waals surface area contributed by atoms with Gasteiger partial charge < -0.3 is 10.2 Å². The van der Waals surface area contributed by atoms with Gasteiger partial charge in [-0.25, -0.2) is 4.98 Å². The van der Waals surface area contributed by atoms with Crippen LogP contribution in [0.15, 0.2) is 23.8 Å². The van der Waals surface area contributed by atoms with Crippen LogP contribution in [0, 0.1) is 12.8 Å². The van der Waals surface area contributed by atoms with Crippen LogP contribution in [-0.4, -0.2) is 23.6 Å². The minimum Gasteiger partial charge on any atom is -0.369 e. The second-order valence-corrected chi connectivity index (χ2v) is 6.69. The van der Waals surface area contributed by atoms with E-state index < -0.39 is 0 Å². The Balaban J connectivity index is 1.97. The van der Waals surface area contributed by atoms with Crippen molar-refractivity contribution >= 4 is 17.0 Å². The largest absolute Gasteiger partial charge is 0.369 e. The lowest BCUT2D eigenvalue weighted by atomic mass is 10.2. The number of rotatable bonds is 7. The zero-order valence-electron chi connectivity index (χ0n) is 13.3. The van der Waals surface area contributed by atoms with Gasteiger partial charge in [-0.15, -0.1) is 11.3 Å². The monoisotopic (exact) mass is 304 g/mol. The summed E-state index contributed by atoms with van der Waals surface area (Å²) in [6, 6.07) is 4.21. The summed E-state index contributed by atoms with van der Waals surface area (Å²) in [5.74, 6) is 0.658. The van der Waals surface area contributed by atoms with Gasteiger partial charge in [0.15, 0.2) is 0 Å². The highest BCUT2D eigenvalue weighted by Crippen LogP contribution is 2.19. The molecule has 2 heterocycles. The van der Waals surface area contributed by atoms with Crippen molar-refractivity contribution in [1.82, 2.24) is 15.3 Å². The maximum absolute atomic E-state index is 4.43. The predicted octanol–water partition coefficient (Wildman–Crippen LogP) is 3.23. The van der Waals surface area contributed by atoms with Crippen molar-refractivity contribution in [3.05, 3.63) is 40.1 Å². The van der Waals surface area contributed by atoms with Crippen LogP contribution < -0.4 is 10.2 Å². The molecule has 0 radical (unpaired) electrons. The number of aromatic nitrogens is 2. The molecule has 4 nitrogen and oxygen atoms in total. The molecule has 1 N–H and O–H groups in total. The molecule has 0 aliphatic heterocycles. The molecule has 2 aromatic heterocycles.